The Kier molecular flexibility index (Phi) is 6.21. The van der Waals surface area contributed by atoms with Gasteiger partial charge in [-0.25, -0.2) is 0 Å². The summed E-state index contributed by atoms with van der Waals surface area (Å²) in [5.41, 5.74) is -0.245. The van der Waals surface area contributed by atoms with Gasteiger partial charge in [-0.1, -0.05) is 6.08 Å². The fourth-order valence-electron chi connectivity index (χ4n) is 1.59. The average molecular weight is 274 g/mol. The smallest absolute Gasteiger partial charge is 0.320 e. The van der Waals surface area contributed by atoms with Gasteiger partial charge in [-0.3, -0.25) is 9.59 Å². The van der Waals surface area contributed by atoms with Crippen LogP contribution in [-0.2, 0) is 23.8 Å². The molecule has 0 saturated heterocycles. The molecule has 0 spiro atoms. The molecule has 0 aliphatic carbocycles. The maximum Gasteiger partial charge on any atom is 0.320 e. The van der Waals surface area contributed by atoms with E-state index in [1.807, 2.05) is 0 Å². The molecule has 0 aromatic rings. The minimum absolute atomic E-state index is 0.245. The van der Waals surface area contributed by atoms with Crippen molar-refractivity contribution in [3.63, 3.8) is 0 Å². The Hall–Kier alpha value is -1.01. The molecule has 5 nitrogen and oxygen atoms in total. The molecule has 102 valence electrons. The largest absolute Gasteiger partial charge is 0.465 e. The van der Waals surface area contributed by atoms with E-state index in [4.69, 9.17) is 14.2 Å². The lowest BCUT2D eigenvalue weighted by Gasteiger charge is -2.27. The number of esters is 2. The van der Waals surface area contributed by atoms with Gasteiger partial charge in [-0.2, -0.15) is 0 Å². The van der Waals surface area contributed by atoms with Gasteiger partial charge in [-0.15, -0.1) is 11.8 Å². The first-order chi connectivity index (χ1) is 8.63. The molecular weight excluding hydrogens is 256 g/mol. The summed E-state index contributed by atoms with van der Waals surface area (Å²) in [7, 11) is 1.55. The summed E-state index contributed by atoms with van der Waals surface area (Å²) in [6.45, 7) is 4.03. The third-order valence-electron chi connectivity index (χ3n) is 2.39. The fourth-order valence-corrected chi connectivity index (χ4v) is 2.72. The number of methoxy groups -OCH3 is 1. The van der Waals surface area contributed by atoms with Crippen LogP contribution < -0.4 is 0 Å². The number of hydrogen-bond donors (Lipinski definition) is 0. The molecule has 0 saturated carbocycles. The van der Waals surface area contributed by atoms with Crippen LogP contribution in [0.2, 0.25) is 0 Å². The highest BCUT2D eigenvalue weighted by Gasteiger charge is 2.39. The molecule has 18 heavy (non-hydrogen) atoms. The summed E-state index contributed by atoms with van der Waals surface area (Å²) in [6.07, 6.45) is 3.41. The SMILES string of the molecule is CCOC(=O)[C@H]1C=C[C@@H](OC)S[C@@H]1C(=O)OCC. The quantitative estimate of drug-likeness (QED) is 0.557. The lowest BCUT2D eigenvalue weighted by atomic mass is 10.0. The summed E-state index contributed by atoms with van der Waals surface area (Å²) in [5.74, 6) is -1.43. The molecule has 0 unspecified atom stereocenters. The van der Waals surface area contributed by atoms with Crippen molar-refractivity contribution >= 4 is 23.7 Å². The van der Waals surface area contributed by atoms with E-state index in [-0.39, 0.29) is 18.6 Å². The second-order valence-corrected chi connectivity index (χ2v) is 4.82. The summed E-state index contributed by atoms with van der Waals surface area (Å²) in [5, 5.41) is -0.612. The highest BCUT2D eigenvalue weighted by Crippen LogP contribution is 2.33. The van der Waals surface area contributed by atoms with Crippen LogP contribution in [0.5, 0.6) is 0 Å². The summed E-state index contributed by atoms with van der Waals surface area (Å²) in [4.78, 5) is 23.6. The number of carbonyl (C=O) groups is 2. The topological polar surface area (TPSA) is 61.8 Å². The number of thioether (sulfide) groups is 1. The summed E-state index contributed by atoms with van der Waals surface area (Å²) >= 11 is 1.26. The van der Waals surface area contributed by atoms with Crippen LogP contribution in [0.1, 0.15) is 13.8 Å². The standard InChI is InChI=1S/C12H18O5S/c1-4-16-11(13)8-6-7-9(15-3)18-10(8)12(14)17-5-2/h6-10H,4-5H2,1-3H3/t8-,9-,10-/m0/s1. The highest BCUT2D eigenvalue weighted by atomic mass is 32.2. The maximum absolute atomic E-state index is 11.8. The van der Waals surface area contributed by atoms with E-state index in [0.29, 0.717) is 0 Å². The minimum Gasteiger partial charge on any atom is -0.465 e. The highest BCUT2D eigenvalue weighted by molar-refractivity contribution is 8.01. The van der Waals surface area contributed by atoms with Crippen molar-refractivity contribution in [3.05, 3.63) is 12.2 Å². The van der Waals surface area contributed by atoms with Gasteiger partial charge in [0, 0.05) is 7.11 Å². The van der Waals surface area contributed by atoms with Gasteiger partial charge in [0.05, 0.1) is 19.1 Å². The molecule has 0 fully saturated rings. The van der Waals surface area contributed by atoms with E-state index in [1.165, 1.54) is 11.8 Å². The van der Waals surface area contributed by atoms with Crippen LogP contribution in [0.25, 0.3) is 0 Å². The first-order valence-electron chi connectivity index (χ1n) is 5.83. The van der Waals surface area contributed by atoms with Gasteiger partial charge < -0.3 is 14.2 Å². The van der Waals surface area contributed by atoms with E-state index in [0.717, 1.165) is 0 Å². The lowest BCUT2D eigenvalue weighted by molar-refractivity contribution is -0.152. The third-order valence-corrected chi connectivity index (χ3v) is 3.79. The Balaban J connectivity index is 2.82. The first-order valence-corrected chi connectivity index (χ1v) is 6.78. The van der Waals surface area contributed by atoms with E-state index in [2.05, 4.69) is 0 Å². The minimum atomic E-state index is -0.612. The monoisotopic (exact) mass is 274 g/mol. The molecular formula is C12H18O5S. The van der Waals surface area contributed by atoms with Crippen molar-refractivity contribution in [2.45, 2.75) is 24.5 Å². The molecule has 1 rings (SSSR count). The second kappa shape index (κ2) is 7.43. The lowest BCUT2D eigenvalue weighted by Crippen LogP contribution is -2.37. The molecule has 0 aromatic carbocycles. The van der Waals surface area contributed by atoms with Gasteiger partial charge >= 0.3 is 11.9 Å². The van der Waals surface area contributed by atoms with Gasteiger partial charge in [-0.05, 0) is 19.9 Å². The Bertz CT molecular complexity index is 328. The van der Waals surface area contributed by atoms with Crippen LogP contribution >= 0.6 is 11.8 Å². The summed E-state index contributed by atoms with van der Waals surface area (Å²) < 4.78 is 15.1. The fraction of sp³-hybridized carbons (Fsp3) is 0.667. The van der Waals surface area contributed by atoms with Crippen molar-refractivity contribution < 1.29 is 23.8 Å². The normalized spacial score (nSPS) is 26.7. The summed E-state index contributed by atoms with van der Waals surface area (Å²) in [6, 6.07) is 0. The maximum atomic E-state index is 11.8. The number of ether oxygens (including phenoxy) is 3. The van der Waals surface area contributed by atoms with E-state index in [9.17, 15) is 9.59 Å². The van der Waals surface area contributed by atoms with Crippen molar-refractivity contribution in [1.29, 1.82) is 0 Å². The van der Waals surface area contributed by atoms with Crippen LogP contribution in [0.4, 0.5) is 0 Å². The molecule has 0 aromatic heterocycles. The molecule has 6 heteroatoms. The van der Waals surface area contributed by atoms with Crippen LogP contribution in [0.3, 0.4) is 0 Å². The predicted octanol–water partition coefficient (Wildman–Crippen LogP) is 1.37. The predicted molar refractivity (Wildman–Crippen MR) is 68.1 cm³/mol. The Morgan fingerprint density at radius 2 is 1.72 bits per heavy atom. The molecule has 0 bridgehead atoms. The zero-order chi connectivity index (χ0) is 13.5. The number of hydrogen-bond acceptors (Lipinski definition) is 6. The Morgan fingerprint density at radius 1 is 1.11 bits per heavy atom. The van der Waals surface area contributed by atoms with Crippen molar-refractivity contribution in [1.82, 2.24) is 0 Å². The van der Waals surface area contributed by atoms with Crippen molar-refractivity contribution in [3.8, 4) is 0 Å². The van der Waals surface area contributed by atoms with Crippen LogP contribution in [0, 0.1) is 5.92 Å². The van der Waals surface area contributed by atoms with Crippen molar-refractivity contribution in [2.75, 3.05) is 20.3 Å². The molecule has 0 radical (unpaired) electrons. The van der Waals surface area contributed by atoms with Gasteiger partial charge in [0.15, 0.2) is 0 Å². The Labute approximate surface area is 111 Å². The average Bonchev–Trinajstić information content (AvgIpc) is 2.38. The molecule has 0 amide bonds. The number of carbonyl (C=O) groups excluding carboxylic acids is 2. The van der Waals surface area contributed by atoms with Gasteiger partial charge in [0.2, 0.25) is 0 Å². The van der Waals surface area contributed by atoms with Gasteiger partial charge in [0.25, 0.3) is 0 Å². The van der Waals surface area contributed by atoms with Crippen molar-refractivity contribution in [2.24, 2.45) is 5.92 Å². The zero-order valence-corrected chi connectivity index (χ0v) is 11.6. The second-order valence-electron chi connectivity index (χ2n) is 3.58. The van der Waals surface area contributed by atoms with Gasteiger partial charge in [0.1, 0.15) is 10.7 Å². The molecule has 3 atom stereocenters. The van der Waals surface area contributed by atoms with E-state index < -0.39 is 23.1 Å². The zero-order valence-electron chi connectivity index (χ0n) is 10.8. The van der Waals surface area contributed by atoms with Crippen LogP contribution in [0.15, 0.2) is 12.2 Å². The molecule has 1 aliphatic rings. The molecule has 0 N–H and O–H groups in total. The number of rotatable bonds is 5. The molecule has 1 aliphatic heterocycles. The van der Waals surface area contributed by atoms with Crippen LogP contribution in [-0.4, -0.2) is 42.9 Å². The Morgan fingerprint density at radius 3 is 2.28 bits per heavy atom. The third kappa shape index (κ3) is 3.74. The van der Waals surface area contributed by atoms with E-state index >= 15 is 0 Å². The first kappa shape index (κ1) is 15.0. The van der Waals surface area contributed by atoms with E-state index in [1.54, 1.807) is 33.1 Å². The molecule has 1 heterocycles.